The van der Waals surface area contributed by atoms with Crippen LogP contribution < -0.4 is 14.8 Å². The highest BCUT2D eigenvalue weighted by atomic mass is 32.2. The van der Waals surface area contributed by atoms with Gasteiger partial charge in [-0.2, -0.15) is 9.04 Å². The Morgan fingerprint density at radius 3 is 2.61 bits per heavy atom. The van der Waals surface area contributed by atoms with E-state index in [0.717, 1.165) is 10.5 Å². The number of ether oxygens (including phenoxy) is 1. The first kappa shape index (κ1) is 25.6. The van der Waals surface area contributed by atoms with E-state index in [0.29, 0.717) is 28.9 Å². The normalized spacial score (nSPS) is 20.7. The number of Topliss-reactive ketones (excluding diaryl/α,β-unsaturated/α-hetero) is 1. The van der Waals surface area contributed by atoms with Gasteiger partial charge >= 0.3 is 0 Å². The van der Waals surface area contributed by atoms with E-state index in [1.54, 1.807) is 24.3 Å². The second kappa shape index (κ2) is 10.2. The first-order valence-corrected chi connectivity index (χ1v) is 13.1. The summed E-state index contributed by atoms with van der Waals surface area (Å²) in [7, 11) is -2.60. The zero-order valence-electron chi connectivity index (χ0n) is 20.0. The summed E-state index contributed by atoms with van der Waals surface area (Å²) in [6.07, 6.45) is 3.35. The molecular formula is C24H28N4O7S. The monoisotopic (exact) mass is 516 g/mol. The fourth-order valence-corrected chi connectivity index (χ4v) is 6.43. The van der Waals surface area contributed by atoms with E-state index in [2.05, 4.69) is 5.32 Å². The molecule has 0 bridgehead atoms. The third-order valence-electron chi connectivity index (χ3n) is 6.55. The van der Waals surface area contributed by atoms with Crippen LogP contribution in [-0.2, 0) is 19.6 Å². The molecule has 0 radical (unpaired) electrons. The number of aromatic nitrogens is 1. The Morgan fingerprint density at radius 1 is 1.25 bits per heavy atom. The number of pyridine rings is 1. The molecule has 2 amide bonds. The molecule has 3 unspecified atom stereocenters. The van der Waals surface area contributed by atoms with Crippen LogP contribution in [0.2, 0.25) is 0 Å². The van der Waals surface area contributed by atoms with Gasteiger partial charge < -0.3 is 20.2 Å². The van der Waals surface area contributed by atoms with Gasteiger partial charge in [-0.25, -0.2) is 8.42 Å². The first-order valence-electron chi connectivity index (χ1n) is 11.7. The van der Waals surface area contributed by atoms with E-state index >= 15 is 0 Å². The molecule has 0 saturated carbocycles. The number of carbonyl (C=O) groups is 3. The third-order valence-corrected chi connectivity index (χ3v) is 8.40. The zero-order chi connectivity index (χ0) is 26.0. The molecule has 192 valence electrons. The van der Waals surface area contributed by atoms with Crippen LogP contribution in [0.3, 0.4) is 0 Å². The van der Waals surface area contributed by atoms with Crippen LogP contribution in [-0.4, -0.2) is 73.5 Å². The van der Waals surface area contributed by atoms with E-state index in [-0.39, 0.29) is 24.4 Å². The minimum Gasteiger partial charge on any atom is -0.619 e. The lowest BCUT2D eigenvalue weighted by molar-refractivity contribution is -0.607. The number of hydrogen-bond acceptors (Lipinski definition) is 7. The summed E-state index contributed by atoms with van der Waals surface area (Å²) in [5.74, 6) is -0.652. The predicted molar refractivity (Wildman–Crippen MR) is 127 cm³/mol. The molecule has 4 rings (SSSR count). The number of nitrogens with zero attached hydrogens (tertiary/aromatic N) is 3. The Balaban J connectivity index is 1.52. The molecule has 2 aliphatic heterocycles. The van der Waals surface area contributed by atoms with Gasteiger partial charge in [-0.1, -0.05) is 13.3 Å². The van der Waals surface area contributed by atoms with Crippen LogP contribution >= 0.6 is 0 Å². The SMILES string of the molecule is CCCC(NC(=O)c1ccc(OC)cc1)C(=O)N1CCC2C1C(=O)CN2S(=O)(=O)c1ccc[n+]([O-])c1. The van der Waals surface area contributed by atoms with E-state index in [9.17, 15) is 28.0 Å². The lowest BCUT2D eigenvalue weighted by atomic mass is 10.1. The summed E-state index contributed by atoms with van der Waals surface area (Å²) in [6.45, 7) is 1.68. The molecule has 11 nitrogen and oxygen atoms in total. The largest absolute Gasteiger partial charge is 0.619 e. The van der Waals surface area contributed by atoms with Gasteiger partial charge in [0.15, 0.2) is 18.2 Å². The molecule has 0 spiro atoms. The summed E-state index contributed by atoms with van der Waals surface area (Å²) in [5, 5.41) is 14.4. The maximum atomic E-state index is 13.5. The van der Waals surface area contributed by atoms with Crippen LogP contribution in [0.15, 0.2) is 53.7 Å². The average molecular weight is 517 g/mol. The van der Waals surface area contributed by atoms with E-state index < -0.39 is 45.7 Å². The Hall–Kier alpha value is -3.51. The predicted octanol–water partition coefficient (Wildman–Crippen LogP) is 0.470. The van der Waals surface area contributed by atoms with Crippen molar-refractivity contribution < 1.29 is 32.3 Å². The first-order chi connectivity index (χ1) is 17.2. The highest BCUT2D eigenvalue weighted by Crippen LogP contribution is 2.34. The summed E-state index contributed by atoms with van der Waals surface area (Å²) in [5.41, 5.74) is 0.358. The van der Waals surface area contributed by atoms with E-state index in [1.165, 1.54) is 30.3 Å². The second-order valence-corrected chi connectivity index (χ2v) is 10.7. The molecule has 12 heteroatoms. The quantitative estimate of drug-likeness (QED) is 0.397. The molecule has 2 aliphatic rings. The van der Waals surface area contributed by atoms with Crippen molar-refractivity contribution in [3.8, 4) is 5.75 Å². The van der Waals surface area contributed by atoms with Crippen LogP contribution in [0.4, 0.5) is 0 Å². The molecule has 2 fully saturated rings. The van der Waals surface area contributed by atoms with Crippen molar-refractivity contribution in [2.45, 2.75) is 49.2 Å². The molecule has 0 aliphatic carbocycles. The van der Waals surface area contributed by atoms with Crippen LogP contribution in [0, 0.1) is 5.21 Å². The highest BCUT2D eigenvalue weighted by Gasteiger charge is 2.54. The van der Waals surface area contributed by atoms with Crippen molar-refractivity contribution in [3.05, 3.63) is 59.6 Å². The smallest absolute Gasteiger partial charge is 0.251 e. The van der Waals surface area contributed by atoms with Gasteiger partial charge in [0.05, 0.1) is 19.7 Å². The van der Waals surface area contributed by atoms with Crippen molar-refractivity contribution in [2.75, 3.05) is 20.2 Å². The molecule has 3 atom stereocenters. The number of hydrogen-bond donors (Lipinski definition) is 1. The average Bonchev–Trinajstić information content (AvgIpc) is 3.45. The molecule has 1 aromatic carbocycles. The highest BCUT2D eigenvalue weighted by molar-refractivity contribution is 7.89. The Bertz CT molecular complexity index is 1270. The topological polar surface area (TPSA) is 140 Å². The van der Waals surface area contributed by atoms with Crippen molar-refractivity contribution in [1.82, 2.24) is 14.5 Å². The number of amides is 2. The van der Waals surface area contributed by atoms with Gasteiger partial charge in [-0.05, 0) is 43.2 Å². The number of rotatable bonds is 8. The minimum atomic E-state index is -4.11. The number of methoxy groups -OCH3 is 1. The number of likely N-dealkylation sites (tertiary alicyclic amines) is 1. The fraction of sp³-hybridized carbons (Fsp3) is 0.417. The van der Waals surface area contributed by atoms with Gasteiger partial charge in [0.1, 0.15) is 22.7 Å². The van der Waals surface area contributed by atoms with E-state index in [4.69, 9.17) is 4.74 Å². The lowest BCUT2D eigenvalue weighted by Gasteiger charge is -2.28. The van der Waals surface area contributed by atoms with Crippen LogP contribution in [0.25, 0.3) is 0 Å². The van der Waals surface area contributed by atoms with Gasteiger partial charge in [0.25, 0.3) is 5.91 Å². The molecule has 1 aromatic heterocycles. The number of fused-ring (bicyclic) bond motifs is 1. The third kappa shape index (κ3) is 4.78. The number of nitrogens with one attached hydrogen (secondary N) is 1. The Kier molecular flexibility index (Phi) is 7.27. The number of ketones is 1. The zero-order valence-corrected chi connectivity index (χ0v) is 20.8. The maximum Gasteiger partial charge on any atom is 0.251 e. The lowest BCUT2D eigenvalue weighted by Crippen LogP contribution is -2.52. The van der Waals surface area contributed by atoms with Gasteiger partial charge in [0, 0.05) is 18.2 Å². The van der Waals surface area contributed by atoms with Crippen LogP contribution in [0.5, 0.6) is 5.75 Å². The van der Waals surface area contributed by atoms with Gasteiger partial charge in [0.2, 0.25) is 15.9 Å². The number of carbonyl (C=O) groups excluding carboxylic acids is 3. The standard InChI is InChI=1S/C24H28N4O7S/c1-3-5-19(25-23(30)16-7-9-17(35-2)10-8-16)24(31)27-13-11-20-22(27)21(29)15-28(20)36(33,34)18-6-4-12-26(32)14-18/h4,6-10,12,14,19-20,22H,3,5,11,13,15H2,1-2H3,(H,25,30). The minimum absolute atomic E-state index is 0.181. The molecule has 2 aromatic rings. The Morgan fingerprint density at radius 2 is 1.97 bits per heavy atom. The molecule has 2 saturated heterocycles. The van der Waals surface area contributed by atoms with E-state index in [1.807, 2.05) is 6.92 Å². The van der Waals surface area contributed by atoms with Crippen molar-refractivity contribution >= 4 is 27.6 Å². The van der Waals surface area contributed by atoms with Crippen molar-refractivity contribution in [1.29, 1.82) is 0 Å². The van der Waals surface area contributed by atoms with Crippen LogP contribution in [0.1, 0.15) is 36.5 Å². The van der Waals surface area contributed by atoms with Gasteiger partial charge in [-0.15, -0.1) is 0 Å². The number of sulfonamides is 1. The molecule has 1 N–H and O–H groups in total. The Labute approximate surface area is 209 Å². The fourth-order valence-electron chi connectivity index (χ4n) is 4.79. The summed E-state index contributed by atoms with van der Waals surface area (Å²) in [4.78, 5) is 40.4. The number of benzene rings is 1. The second-order valence-electron chi connectivity index (χ2n) is 8.79. The maximum absolute atomic E-state index is 13.5. The van der Waals surface area contributed by atoms with Crippen molar-refractivity contribution in [2.24, 2.45) is 0 Å². The van der Waals surface area contributed by atoms with Gasteiger partial charge in [-0.3, -0.25) is 14.4 Å². The molecule has 3 heterocycles. The summed E-state index contributed by atoms with van der Waals surface area (Å²) in [6, 6.07) is 6.55. The molecular weight excluding hydrogens is 488 g/mol. The van der Waals surface area contributed by atoms with Crippen molar-refractivity contribution in [3.63, 3.8) is 0 Å². The summed E-state index contributed by atoms with van der Waals surface area (Å²) >= 11 is 0. The summed E-state index contributed by atoms with van der Waals surface area (Å²) < 4.78 is 32.9. The molecule has 36 heavy (non-hydrogen) atoms.